The van der Waals surface area contributed by atoms with E-state index in [2.05, 4.69) is 23.4 Å². The van der Waals surface area contributed by atoms with Gasteiger partial charge in [-0.25, -0.2) is 0 Å². The molecule has 0 saturated heterocycles. The third-order valence-electron chi connectivity index (χ3n) is 3.95. The summed E-state index contributed by atoms with van der Waals surface area (Å²) >= 11 is 0. The first-order chi connectivity index (χ1) is 8.31. The van der Waals surface area contributed by atoms with Gasteiger partial charge in [0.25, 0.3) is 0 Å². The van der Waals surface area contributed by atoms with Gasteiger partial charge in [-0.1, -0.05) is 32.1 Å². The van der Waals surface area contributed by atoms with Gasteiger partial charge in [0, 0.05) is 18.4 Å². The van der Waals surface area contributed by atoms with E-state index in [4.69, 9.17) is 5.84 Å². The van der Waals surface area contributed by atoms with Crippen LogP contribution in [0.25, 0.3) is 0 Å². The molecule has 1 fully saturated rings. The third-order valence-corrected chi connectivity index (χ3v) is 3.95. The second kappa shape index (κ2) is 6.12. The summed E-state index contributed by atoms with van der Waals surface area (Å²) < 4.78 is 0. The molecule has 0 bridgehead atoms. The zero-order valence-electron chi connectivity index (χ0n) is 10.7. The Bertz CT molecular complexity index is 345. The molecule has 0 spiro atoms. The second-order valence-electron chi connectivity index (χ2n) is 5.19. The predicted molar refractivity (Wildman–Crippen MR) is 70.2 cm³/mol. The number of aryl methyl sites for hydroxylation is 1. The van der Waals surface area contributed by atoms with E-state index in [1.165, 1.54) is 43.2 Å². The van der Waals surface area contributed by atoms with Crippen molar-refractivity contribution in [2.75, 3.05) is 0 Å². The summed E-state index contributed by atoms with van der Waals surface area (Å²) in [7, 11) is 0. The number of hydrogen-bond donors (Lipinski definition) is 2. The standard InChI is InChI=1S/C14H23N3/c1-11-7-8-16-10-13(11)14(17-15)9-12-5-3-2-4-6-12/h7-8,10,12,14,17H,2-6,9,15H2,1H3. The lowest BCUT2D eigenvalue weighted by atomic mass is 9.83. The lowest BCUT2D eigenvalue weighted by molar-refractivity contribution is 0.300. The van der Waals surface area contributed by atoms with Crippen molar-refractivity contribution < 1.29 is 0 Å². The van der Waals surface area contributed by atoms with Crippen molar-refractivity contribution in [1.29, 1.82) is 0 Å². The first-order valence-corrected chi connectivity index (χ1v) is 6.68. The Kier molecular flexibility index (Phi) is 4.51. The Morgan fingerprint density at radius 1 is 1.41 bits per heavy atom. The van der Waals surface area contributed by atoms with Crippen LogP contribution in [0.5, 0.6) is 0 Å². The average Bonchev–Trinajstić information content (AvgIpc) is 2.38. The van der Waals surface area contributed by atoms with Crippen molar-refractivity contribution in [3.63, 3.8) is 0 Å². The summed E-state index contributed by atoms with van der Waals surface area (Å²) in [6.45, 7) is 2.13. The van der Waals surface area contributed by atoms with Crippen LogP contribution in [0, 0.1) is 12.8 Å². The molecule has 94 valence electrons. The highest BCUT2D eigenvalue weighted by Gasteiger charge is 2.20. The average molecular weight is 233 g/mol. The molecule has 0 aliphatic heterocycles. The minimum absolute atomic E-state index is 0.256. The van der Waals surface area contributed by atoms with E-state index in [0.717, 1.165) is 12.3 Å². The van der Waals surface area contributed by atoms with E-state index in [0.29, 0.717) is 0 Å². The molecule has 0 aromatic carbocycles. The molecule has 17 heavy (non-hydrogen) atoms. The van der Waals surface area contributed by atoms with Gasteiger partial charge >= 0.3 is 0 Å². The van der Waals surface area contributed by atoms with Crippen LogP contribution in [-0.4, -0.2) is 4.98 Å². The van der Waals surface area contributed by atoms with Gasteiger partial charge in [0.05, 0.1) is 0 Å². The van der Waals surface area contributed by atoms with Gasteiger partial charge in [0.15, 0.2) is 0 Å². The number of nitrogens with one attached hydrogen (secondary N) is 1. The molecule has 0 amide bonds. The van der Waals surface area contributed by atoms with E-state index in [9.17, 15) is 0 Å². The number of aromatic nitrogens is 1. The van der Waals surface area contributed by atoms with Gasteiger partial charge in [-0.05, 0) is 36.5 Å². The number of pyridine rings is 1. The number of hydrogen-bond acceptors (Lipinski definition) is 3. The highest BCUT2D eigenvalue weighted by molar-refractivity contribution is 5.24. The predicted octanol–water partition coefficient (Wildman–Crippen LogP) is 2.86. The summed E-state index contributed by atoms with van der Waals surface area (Å²) in [5.41, 5.74) is 5.49. The fourth-order valence-electron chi connectivity index (χ4n) is 2.88. The topological polar surface area (TPSA) is 50.9 Å². The van der Waals surface area contributed by atoms with Gasteiger partial charge in [0.2, 0.25) is 0 Å². The zero-order valence-corrected chi connectivity index (χ0v) is 10.7. The Labute approximate surface area is 104 Å². The normalized spacial score (nSPS) is 19.2. The van der Waals surface area contributed by atoms with Crippen molar-refractivity contribution in [2.24, 2.45) is 11.8 Å². The van der Waals surface area contributed by atoms with E-state index in [1.54, 1.807) is 0 Å². The highest BCUT2D eigenvalue weighted by Crippen LogP contribution is 2.32. The van der Waals surface area contributed by atoms with Gasteiger partial charge in [0.1, 0.15) is 0 Å². The second-order valence-corrected chi connectivity index (χ2v) is 5.19. The number of nitrogens with two attached hydrogens (primary N) is 1. The van der Waals surface area contributed by atoms with Crippen LogP contribution in [0.1, 0.15) is 55.7 Å². The molecule has 1 aliphatic rings. The lowest BCUT2D eigenvalue weighted by Crippen LogP contribution is -2.30. The van der Waals surface area contributed by atoms with E-state index < -0.39 is 0 Å². The summed E-state index contributed by atoms with van der Waals surface area (Å²) in [4.78, 5) is 4.21. The monoisotopic (exact) mass is 233 g/mol. The maximum absolute atomic E-state index is 5.71. The van der Waals surface area contributed by atoms with Crippen LogP contribution in [0.3, 0.4) is 0 Å². The van der Waals surface area contributed by atoms with E-state index in [1.807, 2.05) is 12.4 Å². The quantitative estimate of drug-likeness (QED) is 0.621. The third kappa shape index (κ3) is 3.27. The maximum Gasteiger partial charge on any atom is 0.0480 e. The van der Waals surface area contributed by atoms with Crippen molar-refractivity contribution in [3.05, 3.63) is 29.6 Å². The molecule has 1 aromatic rings. The minimum atomic E-state index is 0.256. The molecule has 1 aliphatic carbocycles. The molecule has 1 aromatic heterocycles. The maximum atomic E-state index is 5.71. The fraction of sp³-hybridized carbons (Fsp3) is 0.643. The van der Waals surface area contributed by atoms with Crippen molar-refractivity contribution in [3.8, 4) is 0 Å². The SMILES string of the molecule is Cc1ccncc1C(CC1CCCCC1)NN. The molecule has 0 radical (unpaired) electrons. The zero-order chi connectivity index (χ0) is 12.1. The van der Waals surface area contributed by atoms with E-state index >= 15 is 0 Å². The van der Waals surface area contributed by atoms with Crippen molar-refractivity contribution in [2.45, 2.75) is 51.5 Å². The first kappa shape index (κ1) is 12.5. The van der Waals surface area contributed by atoms with Gasteiger partial charge in [-0.15, -0.1) is 0 Å². The first-order valence-electron chi connectivity index (χ1n) is 6.68. The molecule has 1 unspecified atom stereocenters. The van der Waals surface area contributed by atoms with Crippen LogP contribution in [0.4, 0.5) is 0 Å². The summed E-state index contributed by atoms with van der Waals surface area (Å²) in [6.07, 6.45) is 11.8. The Hall–Kier alpha value is -0.930. The molecule has 2 rings (SSSR count). The number of hydrazine groups is 1. The molecule has 3 heteroatoms. The largest absolute Gasteiger partial charge is 0.271 e. The van der Waals surface area contributed by atoms with Crippen molar-refractivity contribution in [1.82, 2.24) is 10.4 Å². The minimum Gasteiger partial charge on any atom is -0.271 e. The lowest BCUT2D eigenvalue weighted by Gasteiger charge is -2.27. The molecular formula is C14H23N3. The van der Waals surface area contributed by atoms with Crippen LogP contribution < -0.4 is 11.3 Å². The molecule has 1 saturated carbocycles. The fourth-order valence-corrected chi connectivity index (χ4v) is 2.88. The van der Waals surface area contributed by atoms with Gasteiger partial charge in [-0.2, -0.15) is 0 Å². The van der Waals surface area contributed by atoms with Gasteiger partial charge < -0.3 is 0 Å². The molecule has 3 N–H and O–H groups in total. The summed E-state index contributed by atoms with van der Waals surface area (Å²) in [6, 6.07) is 2.31. The summed E-state index contributed by atoms with van der Waals surface area (Å²) in [5, 5.41) is 0. The van der Waals surface area contributed by atoms with E-state index in [-0.39, 0.29) is 6.04 Å². The van der Waals surface area contributed by atoms with Crippen molar-refractivity contribution >= 4 is 0 Å². The van der Waals surface area contributed by atoms with Crippen LogP contribution in [0.15, 0.2) is 18.5 Å². The molecule has 1 heterocycles. The van der Waals surface area contributed by atoms with Gasteiger partial charge in [-0.3, -0.25) is 16.3 Å². The molecular weight excluding hydrogens is 210 g/mol. The van der Waals surface area contributed by atoms with Crippen LogP contribution in [0.2, 0.25) is 0 Å². The Morgan fingerprint density at radius 2 is 2.18 bits per heavy atom. The Balaban J connectivity index is 2.03. The van der Waals surface area contributed by atoms with Crippen LogP contribution >= 0.6 is 0 Å². The molecule has 3 nitrogen and oxygen atoms in total. The van der Waals surface area contributed by atoms with Crippen LogP contribution in [-0.2, 0) is 0 Å². The Morgan fingerprint density at radius 3 is 2.82 bits per heavy atom. The summed E-state index contributed by atoms with van der Waals surface area (Å²) in [5.74, 6) is 6.54. The molecule has 1 atom stereocenters. The number of rotatable bonds is 4. The highest BCUT2D eigenvalue weighted by atomic mass is 15.2. The number of nitrogens with zero attached hydrogens (tertiary/aromatic N) is 1. The smallest absolute Gasteiger partial charge is 0.0480 e.